The van der Waals surface area contributed by atoms with Crippen molar-refractivity contribution in [3.63, 3.8) is 0 Å². The van der Waals surface area contributed by atoms with Crippen LogP contribution in [0.3, 0.4) is 0 Å². The summed E-state index contributed by atoms with van der Waals surface area (Å²) in [5, 5.41) is 0. The molecule has 0 saturated carbocycles. The standard InChI is InChI=1S/C10H20O.C7H8/c1-5-6-7-9(4)10(11)8(2)3;1-7-5-3-2-4-6-7/h8-9H,5-7H2,1-4H3;2-6H,1H3. The molecular formula is C17H28O. The predicted octanol–water partition coefficient (Wildman–Crippen LogP) is 5.03. The molecule has 102 valence electrons. The van der Waals surface area contributed by atoms with Crippen molar-refractivity contribution in [2.24, 2.45) is 11.8 Å². The number of ketones is 1. The summed E-state index contributed by atoms with van der Waals surface area (Å²) in [5.41, 5.74) is 1.32. The van der Waals surface area contributed by atoms with Gasteiger partial charge in [-0.05, 0) is 13.3 Å². The van der Waals surface area contributed by atoms with Gasteiger partial charge in [-0.15, -0.1) is 0 Å². The molecule has 1 atom stereocenters. The van der Waals surface area contributed by atoms with Gasteiger partial charge in [0.15, 0.2) is 0 Å². The van der Waals surface area contributed by atoms with Crippen LogP contribution in [0.2, 0.25) is 0 Å². The Hall–Kier alpha value is -1.11. The van der Waals surface area contributed by atoms with E-state index in [-0.39, 0.29) is 11.8 Å². The number of carbonyl (C=O) groups is 1. The third-order valence-electron chi connectivity index (χ3n) is 2.99. The fourth-order valence-corrected chi connectivity index (χ4v) is 1.76. The molecular weight excluding hydrogens is 220 g/mol. The first kappa shape index (κ1) is 16.9. The molecule has 0 fully saturated rings. The van der Waals surface area contributed by atoms with E-state index in [0.717, 1.165) is 6.42 Å². The lowest BCUT2D eigenvalue weighted by molar-refractivity contribution is -0.125. The maximum atomic E-state index is 11.3. The molecule has 1 rings (SSSR count). The van der Waals surface area contributed by atoms with Gasteiger partial charge in [0.05, 0.1) is 0 Å². The maximum Gasteiger partial charge on any atom is 0.138 e. The van der Waals surface area contributed by atoms with E-state index < -0.39 is 0 Å². The molecule has 0 radical (unpaired) electrons. The van der Waals surface area contributed by atoms with Crippen LogP contribution in [0.4, 0.5) is 0 Å². The van der Waals surface area contributed by atoms with Gasteiger partial charge in [-0.2, -0.15) is 0 Å². The third-order valence-corrected chi connectivity index (χ3v) is 2.99. The monoisotopic (exact) mass is 248 g/mol. The highest BCUT2D eigenvalue weighted by molar-refractivity contribution is 5.82. The fourth-order valence-electron chi connectivity index (χ4n) is 1.76. The molecule has 0 bridgehead atoms. The minimum atomic E-state index is 0.210. The Labute approximate surface area is 113 Å². The zero-order chi connectivity index (χ0) is 14.0. The molecule has 1 unspecified atom stereocenters. The molecule has 0 amide bonds. The van der Waals surface area contributed by atoms with E-state index in [9.17, 15) is 4.79 Å². The van der Waals surface area contributed by atoms with Gasteiger partial charge in [-0.3, -0.25) is 4.79 Å². The molecule has 0 saturated heterocycles. The molecule has 0 aliphatic rings. The Morgan fingerprint density at radius 2 is 1.67 bits per heavy atom. The van der Waals surface area contributed by atoms with E-state index in [2.05, 4.69) is 26.0 Å². The SMILES string of the molecule is CCCCC(C)C(=O)C(C)C.Cc1ccccc1. The molecule has 18 heavy (non-hydrogen) atoms. The Kier molecular flexibility index (Phi) is 9.26. The van der Waals surface area contributed by atoms with Gasteiger partial charge in [0.2, 0.25) is 0 Å². The fraction of sp³-hybridized carbons (Fsp3) is 0.588. The number of unbranched alkanes of at least 4 members (excludes halogenated alkanes) is 1. The van der Waals surface area contributed by atoms with Gasteiger partial charge in [0.25, 0.3) is 0 Å². The van der Waals surface area contributed by atoms with E-state index in [4.69, 9.17) is 0 Å². The number of Topliss-reactive ketones (excluding diaryl/α,β-unsaturated/α-hetero) is 1. The van der Waals surface area contributed by atoms with Crippen LogP contribution in [0.15, 0.2) is 30.3 Å². The minimum absolute atomic E-state index is 0.210. The molecule has 1 aromatic rings. The van der Waals surface area contributed by atoms with Crippen LogP contribution in [0.25, 0.3) is 0 Å². The third kappa shape index (κ3) is 8.05. The molecule has 0 heterocycles. The average molecular weight is 248 g/mol. The number of aryl methyl sites for hydroxylation is 1. The molecule has 0 N–H and O–H groups in total. The van der Waals surface area contributed by atoms with Crippen LogP contribution in [-0.4, -0.2) is 5.78 Å². The quantitative estimate of drug-likeness (QED) is 0.714. The highest BCUT2D eigenvalue weighted by Gasteiger charge is 2.14. The van der Waals surface area contributed by atoms with Gasteiger partial charge in [0, 0.05) is 11.8 Å². The van der Waals surface area contributed by atoms with Crippen molar-refractivity contribution < 1.29 is 4.79 Å². The lowest BCUT2D eigenvalue weighted by Crippen LogP contribution is -2.16. The largest absolute Gasteiger partial charge is 0.299 e. The van der Waals surface area contributed by atoms with E-state index in [0.29, 0.717) is 5.78 Å². The summed E-state index contributed by atoms with van der Waals surface area (Å²) >= 11 is 0. The topological polar surface area (TPSA) is 17.1 Å². The second-order valence-corrected chi connectivity index (χ2v) is 5.26. The normalized spacial score (nSPS) is 11.7. The number of carbonyl (C=O) groups excluding carboxylic acids is 1. The van der Waals surface area contributed by atoms with E-state index >= 15 is 0 Å². The summed E-state index contributed by atoms with van der Waals surface area (Å²) in [5.74, 6) is 0.898. The van der Waals surface area contributed by atoms with Gasteiger partial charge in [-0.1, -0.05) is 76.4 Å². The van der Waals surface area contributed by atoms with Crippen molar-refractivity contribution in [2.75, 3.05) is 0 Å². The molecule has 1 nitrogen and oxygen atoms in total. The molecule has 0 aliphatic heterocycles. The lowest BCUT2D eigenvalue weighted by atomic mass is 9.93. The second kappa shape index (κ2) is 9.87. The maximum absolute atomic E-state index is 11.3. The van der Waals surface area contributed by atoms with Crippen LogP contribution in [0.5, 0.6) is 0 Å². The smallest absolute Gasteiger partial charge is 0.138 e. The molecule has 0 spiro atoms. The van der Waals surface area contributed by atoms with Crippen molar-refractivity contribution in [3.05, 3.63) is 35.9 Å². The van der Waals surface area contributed by atoms with Gasteiger partial charge in [-0.25, -0.2) is 0 Å². The average Bonchev–Trinajstić information content (AvgIpc) is 2.36. The second-order valence-electron chi connectivity index (χ2n) is 5.26. The van der Waals surface area contributed by atoms with Gasteiger partial charge in [0.1, 0.15) is 5.78 Å². The minimum Gasteiger partial charge on any atom is -0.299 e. The highest BCUT2D eigenvalue weighted by Crippen LogP contribution is 2.13. The highest BCUT2D eigenvalue weighted by atomic mass is 16.1. The summed E-state index contributed by atoms with van der Waals surface area (Å²) in [6.07, 6.45) is 3.43. The van der Waals surface area contributed by atoms with E-state index in [1.165, 1.54) is 18.4 Å². The summed E-state index contributed by atoms with van der Waals surface area (Å²) in [4.78, 5) is 11.3. The zero-order valence-electron chi connectivity index (χ0n) is 12.6. The van der Waals surface area contributed by atoms with Gasteiger partial charge < -0.3 is 0 Å². The Bertz CT molecular complexity index is 314. The number of rotatable bonds is 5. The number of hydrogen-bond acceptors (Lipinski definition) is 1. The van der Waals surface area contributed by atoms with Crippen molar-refractivity contribution >= 4 is 5.78 Å². The number of hydrogen-bond donors (Lipinski definition) is 0. The van der Waals surface area contributed by atoms with Crippen molar-refractivity contribution in [2.45, 2.75) is 53.9 Å². The summed E-state index contributed by atoms with van der Waals surface area (Å²) in [6.45, 7) is 10.2. The zero-order valence-corrected chi connectivity index (χ0v) is 12.6. The summed E-state index contributed by atoms with van der Waals surface area (Å²) in [6, 6.07) is 10.3. The first-order valence-electron chi connectivity index (χ1n) is 7.04. The number of benzene rings is 1. The van der Waals surface area contributed by atoms with Crippen molar-refractivity contribution in [1.29, 1.82) is 0 Å². The van der Waals surface area contributed by atoms with Crippen molar-refractivity contribution in [1.82, 2.24) is 0 Å². The van der Waals surface area contributed by atoms with Crippen LogP contribution in [0.1, 0.15) is 52.5 Å². The predicted molar refractivity (Wildman–Crippen MR) is 79.7 cm³/mol. The molecule has 1 aromatic carbocycles. The van der Waals surface area contributed by atoms with Crippen molar-refractivity contribution in [3.8, 4) is 0 Å². The molecule has 0 aromatic heterocycles. The van der Waals surface area contributed by atoms with Gasteiger partial charge >= 0.3 is 0 Å². The van der Waals surface area contributed by atoms with E-state index in [1.54, 1.807) is 0 Å². The Morgan fingerprint density at radius 3 is 2.00 bits per heavy atom. The Morgan fingerprint density at radius 1 is 1.11 bits per heavy atom. The summed E-state index contributed by atoms with van der Waals surface area (Å²) in [7, 11) is 0. The van der Waals surface area contributed by atoms with Crippen LogP contribution >= 0.6 is 0 Å². The molecule has 0 aliphatic carbocycles. The first-order valence-corrected chi connectivity index (χ1v) is 7.04. The summed E-state index contributed by atoms with van der Waals surface area (Å²) < 4.78 is 0. The van der Waals surface area contributed by atoms with Crippen LogP contribution in [-0.2, 0) is 4.79 Å². The molecule has 1 heteroatoms. The van der Waals surface area contributed by atoms with Crippen LogP contribution < -0.4 is 0 Å². The van der Waals surface area contributed by atoms with E-state index in [1.807, 2.05) is 39.0 Å². The van der Waals surface area contributed by atoms with Crippen LogP contribution in [0, 0.1) is 18.8 Å². The first-order chi connectivity index (χ1) is 8.49. The Balaban J connectivity index is 0.000000351. The lowest BCUT2D eigenvalue weighted by Gasteiger charge is -2.11.